The molecule has 1 saturated heterocycles. The van der Waals surface area contributed by atoms with Crippen LogP contribution < -0.4 is 16.0 Å². The lowest BCUT2D eigenvalue weighted by Crippen LogP contribution is -2.44. The number of fused-ring (bicyclic) bond motifs is 1. The Morgan fingerprint density at radius 3 is 2.46 bits per heavy atom. The summed E-state index contributed by atoms with van der Waals surface area (Å²) in [4.78, 5) is 27.7. The fraction of sp³-hybridized carbons (Fsp3) is 0.304. The van der Waals surface area contributed by atoms with E-state index in [2.05, 4.69) is 25.2 Å². The molecule has 0 amide bonds. The van der Waals surface area contributed by atoms with E-state index in [-0.39, 0.29) is 27.7 Å². The van der Waals surface area contributed by atoms with Crippen molar-refractivity contribution in [3.05, 3.63) is 46.6 Å². The molecule has 1 aromatic carbocycles. The zero-order valence-electron chi connectivity index (χ0n) is 19.0. The molecule has 8 nitrogen and oxygen atoms in total. The van der Waals surface area contributed by atoms with Crippen LogP contribution in [0.15, 0.2) is 30.5 Å². The summed E-state index contributed by atoms with van der Waals surface area (Å²) >= 11 is 6.54. The molecular formula is C23H23ClF3N7O. The summed E-state index contributed by atoms with van der Waals surface area (Å²) in [6.07, 6.45) is -0.742. The van der Waals surface area contributed by atoms with Gasteiger partial charge in [-0.1, -0.05) is 11.6 Å². The molecule has 35 heavy (non-hydrogen) atoms. The summed E-state index contributed by atoms with van der Waals surface area (Å²) in [5.41, 5.74) is 5.00. The van der Waals surface area contributed by atoms with E-state index in [4.69, 9.17) is 17.3 Å². The Hall–Kier alpha value is -3.60. The summed E-state index contributed by atoms with van der Waals surface area (Å²) in [7, 11) is 1.66. The monoisotopic (exact) mass is 505 g/mol. The van der Waals surface area contributed by atoms with E-state index >= 15 is 0 Å². The average molecular weight is 506 g/mol. The number of halogens is 4. The number of aldehydes is 1. The Bertz CT molecular complexity index is 1300. The summed E-state index contributed by atoms with van der Waals surface area (Å²) in [6, 6.07) is 4.24. The smallest absolute Gasteiger partial charge is 0.384 e. The van der Waals surface area contributed by atoms with E-state index < -0.39 is 11.7 Å². The molecule has 3 aromatic rings. The first kappa shape index (κ1) is 24.5. The lowest BCUT2D eigenvalue weighted by Gasteiger charge is -2.35. The van der Waals surface area contributed by atoms with Crippen molar-refractivity contribution >= 4 is 46.4 Å². The van der Waals surface area contributed by atoms with Crippen LogP contribution in [0.5, 0.6) is 0 Å². The van der Waals surface area contributed by atoms with Gasteiger partial charge in [-0.2, -0.15) is 18.2 Å². The zero-order chi connectivity index (χ0) is 25.3. The van der Waals surface area contributed by atoms with Gasteiger partial charge < -0.3 is 20.9 Å². The number of aromatic nitrogens is 3. The van der Waals surface area contributed by atoms with Crippen LogP contribution in [-0.2, 0) is 11.0 Å². The minimum Gasteiger partial charge on any atom is -0.384 e. The van der Waals surface area contributed by atoms with Crippen LogP contribution in [0.4, 0.5) is 30.8 Å². The van der Waals surface area contributed by atoms with Crippen LogP contribution >= 0.6 is 11.6 Å². The van der Waals surface area contributed by atoms with Gasteiger partial charge in [0.2, 0.25) is 5.95 Å². The molecule has 0 spiro atoms. The molecular weight excluding hydrogens is 483 g/mol. The van der Waals surface area contributed by atoms with E-state index in [0.29, 0.717) is 48.8 Å². The standard InChI is InChI=1S/C23H23ClF3N7O/c1-13-10-18(28)31-20(19(13)23(25,26)27)14-12-17-15(11-16(14)24)21(32-22(29-2)30-17)34-7-5-33(6-8-34)4-3-9-35/h3-4,9-12H,5-8H2,1-2H3,(H2,28,31)(H,29,30,32). The number of nitrogens with one attached hydrogen (secondary N) is 1. The quantitative estimate of drug-likeness (QED) is 0.394. The Labute approximate surface area is 204 Å². The summed E-state index contributed by atoms with van der Waals surface area (Å²) < 4.78 is 41.7. The number of anilines is 3. The summed E-state index contributed by atoms with van der Waals surface area (Å²) in [5, 5.41) is 3.58. The van der Waals surface area contributed by atoms with Crippen molar-refractivity contribution in [2.24, 2.45) is 0 Å². The number of nitrogens with zero attached hydrogens (tertiary/aromatic N) is 5. The minimum absolute atomic E-state index is 0.0394. The van der Waals surface area contributed by atoms with Gasteiger partial charge in [-0.3, -0.25) is 4.79 Å². The number of aryl methyl sites for hydroxylation is 1. The zero-order valence-corrected chi connectivity index (χ0v) is 19.8. The number of carbonyl (C=O) groups excluding carboxylic acids is 1. The van der Waals surface area contributed by atoms with Crippen molar-refractivity contribution < 1.29 is 18.0 Å². The number of nitrogen functional groups attached to an aromatic ring is 1. The number of hydrogen-bond donors (Lipinski definition) is 2. The van der Waals surface area contributed by atoms with Crippen molar-refractivity contribution in [1.82, 2.24) is 19.9 Å². The number of allylic oxidation sites excluding steroid dienone is 1. The van der Waals surface area contributed by atoms with Gasteiger partial charge in [0, 0.05) is 50.4 Å². The number of carbonyl (C=O) groups is 1. The molecule has 184 valence electrons. The van der Waals surface area contributed by atoms with Gasteiger partial charge in [0.05, 0.1) is 21.8 Å². The SMILES string of the molecule is CNc1nc(N2CCN(C=CC=O)CC2)c2cc(Cl)c(-c3nc(N)cc(C)c3C(F)(F)F)cc2n1. The molecule has 0 saturated carbocycles. The molecule has 0 bridgehead atoms. The molecule has 2 aromatic heterocycles. The molecule has 0 atom stereocenters. The topological polar surface area (TPSA) is 100 Å². The first-order valence-electron chi connectivity index (χ1n) is 10.8. The third-order valence-corrected chi connectivity index (χ3v) is 6.07. The van der Waals surface area contributed by atoms with Crippen LogP contribution in [0.25, 0.3) is 22.2 Å². The molecule has 0 radical (unpaired) electrons. The largest absolute Gasteiger partial charge is 0.418 e. The number of nitrogens with two attached hydrogens (primary N) is 1. The minimum atomic E-state index is -4.65. The van der Waals surface area contributed by atoms with E-state index in [1.54, 1.807) is 19.3 Å². The molecule has 12 heteroatoms. The van der Waals surface area contributed by atoms with Gasteiger partial charge >= 0.3 is 6.18 Å². The maximum atomic E-state index is 13.9. The fourth-order valence-electron chi connectivity index (χ4n) is 4.16. The van der Waals surface area contributed by atoms with Crippen LogP contribution in [0, 0.1) is 6.92 Å². The second-order valence-electron chi connectivity index (χ2n) is 8.06. The normalized spacial score (nSPS) is 14.7. The highest BCUT2D eigenvalue weighted by Crippen LogP contribution is 2.42. The van der Waals surface area contributed by atoms with Crippen LogP contribution in [0.2, 0.25) is 5.02 Å². The van der Waals surface area contributed by atoms with Gasteiger partial charge in [-0.05, 0) is 36.8 Å². The van der Waals surface area contributed by atoms with Gasteiger partial charge in [-0.25, -0.2) is 9.97 Å². The molecule has 1 fully saturated rings. The summed E-state index contributed by atoms with van der Waals surface area (Å²) in [5.74, 6) is 0.888. The predicted octanol–water partition coefficient (Wildman–Crippen LogP) is 4.13. The van der Waals surface area contributed by atoms with Crippen molar-refractivity contribution in [3.8, 4) is 11.3 Å². The third kappa shape index (κ3) is 4.95. The van der Waals surface area contributed by atoms with Crippen molar-refractivity contribution in [1.29, 1.82) is 0 Å². The van der Waals surface area contributed by atoms with Gasteiger partial charge in [0.25, 0.3) is 0 Å². The molecule has 3 heterocycles. The van der Waals surface area contributed by atoms with Crippen molar-refractivity contribution in [2.45, 2.75) is 13.1 Å². The van der Waals surface area contributed by atoms with E-state index in [9.17, 15) is 18.0 Å². The second kappa shape index (κ2) is 9.57. The fourth-order valence-corrected chi connectivity index (χ4v) is 4.41. The lowest BCUT2D eigenvalue weighted by atomic mass is 9.99. The Balaban J connectivity index is 1.84. The number of benzene rings is 1. The predicted molar refractivity (Wildman–Crippen MR) is 130 cm³/mol. The third-order valence-electron chi connectivity index (χ3n) is 5.75. The van der Waals surface area contributed by atoms with Gasteiger partial charge in [0.15, 0.2) is 0 Å². The summed E-state index contributed by atoms with van der Waals surface area (Å²) in [6.45, 7) is 3.90. The first-order chi connectivity index (χ1) is 16.6. The maximum absolute atomic E-state index is 13.9. The van der Waals surface area contributed by atoms with Crippen molar-refractivity contribution in [2.75, 3.05) is 49.2 Å². The van der Waals surface area contributed by atoms with Crippen LogP contribution in [0.1, 0.15) is 11.1 Å². The molecule has 1 aliphatic heterocycles. The number of rotatable bonds is 5. The molecule has 4 rings (SSSR count). The van der Waals surface area contributed by atoms with Crippen LogP contribution in [-0.4, -0.2) is 59.4 Å². The number of pyridine rings is 1. The van der Waals surface area contributed by atoms with Crippen LogP contribution in [0.3, 0.4) is 0 Å². The average Bonchev–Trinajstić information content (AvgIpc) is 2.80. The van der Waals surface area contributed by atoms with Crippen molar-refractivity contribution in [3.63, 3.8) is 0 Å². The van der Waals surface area contributed by atoms with Gasteiger partial charge in [0.1, 0.15) is 17.9 Å². The van der Waals surface area contributed by atoms with E-state index in [1.165, 1.54) is 25.1 Å². The van der Waals surface area contributed by atoms with E-state index in [1.807, 2.05) is 4.90 Å². The lowest BCUT2D eigenvalue weighted by molar-refractivity contribution is -0.137. The second-order valence-corrected chi connectivity index (χ2v) is 8.46. The Kier molecular flexibility index (Phi) is 6.70. The van der Waals surface area contributed by atoms with Gasteiger partial charge in [-0.15, -0.1) is 0 Å². The maximum Gasteiger partial charge on any atom is 0.418 e. The highest BCUT2D eigenvalue weighted by Gasteiger charge is 2.37. The van der Waals surface area contributed by atoms with E-state index in [0.717, 1.165) is 6.29 Å². The highest BCUT2D eigenvalue weighted by molar-refractivity contribution is 6.34. The highest BCUT2D eigenvalue weighted by atomic mass is 35.5. The molecule has 0 unspecified atom stereocenters. The molecule has 1 aliphatic rings. The number of hydrogen-bond acceptors (Lipinski definition) is 8. The number of alkyl halides is 3. The molecule has 3 N–H and O–H groups in total. The Morgan fingerprint density at radius 2 is 1.83 bits per heavy atom. The first-order valence-corrected chi connectivity index (χ1v) is 11.1. The number of piperazine rings is 1. The molecule has 0 aliphatic carbocycles. The Morgan fingerprint density at radius 1 is 1.11 bits per heavy atom.